The van der Waals surface area contributed by atoms with Crippen molar-refractivity contribution in [1.82, 2.24) is 0 Å². The van der Waals surface area contributed by atoms with Crippen LogP contribution in [0.1, 0.15) is 35.8 Å². The Morgan fingerprint density at radius 2 is 0.930 bits per heavy atom. The fraction of sp³-hybridized carbons (Fsp3) is 0.520. The summed E-state index contributed by atoms with van der Waals surface area (Å²) in [5.74, 6) is -0.732. The molecule has 28 nitrogen and oxygen atoms in total. The second kappa shape index (κ2) is 44.2. The van der Waals surface area contributed by atoms with Crippen LogP contribution in [0, 0.1) is 16.0 Å². The molecule has 0 amide bonds. The van der Waals surface area contributed by atoms with E-state index in [1.54, 1.807) is 6.07 Å². The van der Waals surface area contributed by atoms with Crippen molar-refractivity contribution in [2.24, 2.45) is 5.92 Å². The maximum atomic E-state index is 10.5. The SMILES string of the molecule is CC(C)C(O)S(=O)(=O)[O-].COc1cccc(C(O)S(=O)(=O)[O-])c1.O=S(=O)([O-])C(O)C(Cl)(Cl)Cl.O=S(=O)([O-])C(O)C(Cl)Cl.O=S(=O)([O-])C(O)CCl.O=[N+]([O-])c1ccc(C(O)S(=O)(=O)[O-])cc1.[Na+].[Na+].[Na+].[Na+].[Na+].[Na+]. The Bertz CT molecular complexity index is 2430. The number of aliphatic hydroxyl groups is 6. The summed E-state index contributed by atoms with van der Waals surface area (Å²) in [4.78, 5) is 7.97. The first-order valence-electron chi connectivity index (χ1n) is 15.2. The zero-order valence-corrected chi connectivity index (χ0v) is 59.3. The molecule has 2 aromatic rings. The number of ether oxygens (including phenoxy) is 1. The molecule has 0 heterocycles. The van der Waals surface area contributed by atoms with E-state index in [0.29, 0.717) is 5.75 Å². The molecule has 6 unspecified atom stereocenters. The van der Waals surface area contributed by atoms with Gasteiger partial charge in [0.25, 0.3) is 5.69 Å². The van der Waals surface area contributed by atoms with Crippen LogP contribution in [0.3, 0.4) is 0 Å². The number of hydrogen-bond acceptors (Lipinski definition) is 27. The number of methoxy groups -OCH3 is 1. The van der Waals surface area contributed by atoms with Crippen LogP contribution in [-0.4, -0.2) is 157 Å². The maximum absolute atomic E-state index is 10.5. The third-order valence-electron chi connectivity index (χ3n) is 5.71. The number of hydrogen-bond donors (Lipinski definition) is 6. The smallest absolute Gasteiger partial charge is 0.746 e. The van der Waals surface area contributed by atoms with E-state index in [0.717, 1.165) is 24.3 Å². The molecule has 6 atom stereocenters. The van der Waals surface area contributed by atoms with Gasteiger partial charge in [-0.15, -0.1) is 34.8 Å². The number of alkyl halides is 6. The van der Waals surface area contributed by atoms with Gasteiger partial charge in [-0.2, -0.15) is 0 Å². The molecule has 6 N–H and O–H groups in total. The van der Waals surface area contributed by atoms with E-state index in [2.05, 4.69) is 0 Å². The Morgan fingerprint density at radius 3 is 1.10 bits per heavy atom. The predicted octanol–water partition coefficient (Wildman–Crippen LogP) is -19.1. The van der Waals surface area contributed by atoms with Crippen LogP contribution in [0.2, 0.25) is 0 Å². The zero-order valence-electron chi connectivity index (χ0n) is 37.9. The van der Waals surface area contributed by atoms with E-state index >= 15 is 0 Å². The van der Waals surface area contributed by atoms with Crippen LogP contribution in [0.4, 0.5) is 5.69 Å². The number of nitrogens with zero attached hydrogens (tertiary/aromatic N) is 1. The Labute approximate surface area is 571 Å². The molecule has 46 heteroatoms. The third-order valence-corrected chi connectivity index (χ3v) is 13.3. The fourth-order valence-corrected chi connectivity index (χ4v) is 7.16. The first-order valence-corrected chi connectivity index (χ1v) is 26.5. The number of nitro groups is 1. The molecule has 0 aromatic heterocycles. The summed E-state index contributed by atoms with van der Waals surface area (Å²) < 4.78 is 183. The van der Waals surface area contributed by atoms with Gasteiger partial charge in [0.1, 0.15) is 76.7 Å². The van der Waals surface area contributed by atoms with E-state index in [1.165, 1.54) is 39.2 Å². The van der Waals surface area contributed by atoms with Crippen molar-refractivity contribution in [1.29, 1.82) is 0 Å². The Morgan fingerprint density at radius 1 is 0.577 bits per heavy atom. The van der Waals surface area contributed by atoms with E-state index in [-0.39, 0.29) is 194 Å². The monoisotopic (exact) mass is 1320 g/mol. The van der Waals surface area contributed by atoms with E-state index in [9.17, 15) is 87.9 Å². The predicted molar refractivity (Wildman–Crippen MR) is 220 cm³/mol. The van der Waals surface area contributed by atoms with Crippen molar-refractivity contribution in [3.05, 3.63) is 69.8 Å². The van der Waals surface area contributed by atoms with Crippen LogP contribution in [0.25, 0.3) is 0 Å². The molecule has 0 aliphatic rings. The van der Waals surface area contributed by atoms with Gasteiger partial charge in [0.05, 0.1) is 17.9 Å². The van der Waals surface area contributed by atoms with Gasteiger partial charge in [-0.1, -0.05) is 60.8 Å². The first-order chi connectivity index (χ1) is 28.6. The van der Waals surface area contributed by atoms with Gasteiger partial charge >= 0.3 is 177 Å². The van der Waals surface area contributed by atoms with Crippen molar-refractivity contribution in [2.45, 2.75) is 55.1 Å². The largest absolute Gasteiger partial charge is 1.00 e. The summed E-state index contributed by atoms with van der Waals surface area (Å²) in [6, 6.07) is 9.73. The molecule has 2 aromatic carbocycles. The quantitative estimate of drug-likeness (QED) is 0.0356. The topological polar surface area (TPSA) is 517 Å². The Hall–Kier alpha value is 4.60. The summed E-state index contributed by atoms with van der Waals surface area (Å²) in [5, 5.41) is 61.8. The minimum absolute atomic E-state index is 0. The molecule has 0 aliphatic heterocycles. The molecule has 384 valence electrons. The van der Waals surface area contributed by atoms with Crippen LogP contribution in [-0.2, 0) is 60.7 Å². The fourth-order valence-electron chi connectivity index (χ4n) is 2.59. The van der Waals surface area contributed by atoms with Crippen molar-refractivity contribution in [3.8, 4) is 5.75 Å². The summed E-state index contributed by atoms with van der Waals surface area (Å²) in [6.45, 7) is 2.92. The number of nitro benzene ring substituents is 1. The van der Waals surface area contributed by atoms with Crippen LogP contribution in [0.5, 0.6) is 5.75 Å². The molecule has 0 aliphatic carbocycles. The van der Waals surface area contributed by atoms with Gasteiger partial charge < -0.3 is 62.7 Å². The molecule has 0 spiro atoms. The standard InChI is InChI=1S/C8H10O5S.C7H7NO6S.C4H10O4S.C2H3Cl3O4S.C2H4Cl2O4S.C2H5ClO4S.6Na/c1-13-7-4-2-3-6(5-7)8(9)14(10,11)12;9-7(15(12,13)14)5-1-3-6(4-2-5)8(10)11;1-3(2)4(5)9(6,7)8;3-2(4,5)1(6)10(7,8)9;3-1(4)2(5)9(6,7)8;3-1-2(4)8(5,6)7;;;;;;/h2-5,8-9H,1H3,(H,10,11,12);1-4,7,9H,(H,12,13,14);3-5H,1-2H3,(H,6,7,8);1,6H,(H,7,8,9);1-2,5H,(H,6,7,8);2,4H,1H2,(H,5,6,7);;;;;;/q;;;;;;6*+1/p-6. The molecular weight excluding hydrogens is 1290 g/mol. The molecule has 0 bridgehead atoms. The summed E-state index contributed by atoms with van der Waals surface area (Å²) in [6.07, 6.45) is 0. The van der Waals surface area contributed by atoms with Crippen LogP contribution < -0.4 is 182 Å². The number of aliphatic hydroxyl groups excluding tert-OH is 6. The number of rotatable bonds is 13. The average Bonchev–Trinajstić information content (AvgIpc) is 3.14. The van der Waals surface area contributed by atoms with Gasteiger partial charge in [-0.05, 0) is 41.3 Å². The van der Waals surface area contributed by atoms with Crippen molar-refractivity contribution in [3.63, 3.8) is 0 Å². The number of non-ortho nitro benzene ring substituents is 1. The van der Waals surface area contributed by atoms with E-state index in [1.807, 2.05) is 0 Å². The van der Waals surface area contributed by atoms with Crippen molar-refractivity contribution in [2.75, 3.05) is 13.0 Å². The maximum Gasteiger partial charge on any atom is 1.00 e. The summed E-state index contributed by atoms with van der Waals surface area (Å²) in [5.41, 5.74) is -13.2. The minimum Gasteiger partial charge on any atom is -0.746 e. The third kappa shape index (κ3) is 47.9. The zero-order chi connectivity index (χ0) is 53.1. The number of halogens is 6. The normalized spacial score (nSPS) is 13.8. The molecule has 0 saturated heterocycles. The average molecular weight is 1320 g/mol. The summed E-state index contributed by atoms with van der Waals surface area (Å²) in [7, 11) is -27.0. The van der Waals surface area contributed by atoms with E-state index < -0.39 is 119 Å². The van der Waals surface area contributed by atoms with Gasteiger partial charge in [0.15, 0.2) is 27.2 Å². The van der Waals surface area contributed by atoms with Crippen molar-refractivity contribution >= 4 is 136 Å². The number of benzene rings is 2. The van der Waals surface area contributed by atoms with Gasteiger partial charge in [-0.3, -0.25) is 10.1 Å². The van der Waals surface area contributed by atoms with Gasteiger partial charge in [0.2, 0.25) is 3.79 Å². The van der Waals surface area contributed by atoms with Crippen LogP contribution >= 0.6 is 69.6 Å². The summed E-state index contributed by atoms with van der Waals surface area (Å²) >= 11 is 29.1. The molecule has 71 heavy (non-hydrogen) atoms. The molecule has 0 saturated carbocycles. The second-order valence-electron chi connectivity index (χ2n) is 11.1. The molecule has 0 fully saturated rings. The second-order valence-corrected chi connectivity index (χ2v) is 23.8. The Kier molecular flexibility index (Phi) is 60.9. The van der Waals surface area contributed by atoms with Gasteiger partial charge in [0, 0.05) is 12.1 Å². The molecule has 2 rings (SSSR count). The first kappa shape index (κ1) is 97.8. The minimum atomic E-state index is -4.95. The van der Waals surface area contributed by atoms with Gasteiger partial charge in [-0.25, -0.2) is 50.5 Å². The molecular formula is C25H33Cl6NNa6O27S6. The molecule has 0 radical (unpaired) electrons. The Balaban J connectivity index is -0.0000000786. The van der Waals surface area contributed by atoms with Crippen molar-refractivity contribution < 1.29 is 295 Å². The van der Waals surface area contributed by atoms with Crippen LogP contribution in [0.15, 0.2) is 48.5 Å². The van der Waals surface area contributed by atoms with E-state index in [4.69, 9.17) is 105 Å².